The van der Waals surface area contributed by atoms with Crippen molar-refractivity contribution in [3.05, 3.63) is 25.3 Å². The third kappa shape index (κ3) is 7.19. The van der Waals surface area contributed by atoms with Crippen molar-refractivity contribution in [3.63, 3.8) is 0 Å². The Labute approximate surface area is 79.3 Å². The normalized spacial score (nSPS) is 9.23. The van der Waals surface area contributed by atoms with Crippen LogP contribution in [0.1, 0.15) is 32.1 Å². The lowest BCUT2D eigenvalue weighted by Gasteiger charge is -1.96. The van der Waals surface area contributed by atoms with Gasteiger partial charge in [-0.1, -0.05) is 19.6 Å². The first kappa shape index (κ1) is 11.8. The Morgan fingerprint density at radius 2 is 1.23 bits per heavy atom. The lowest BCUT2D eigenvalue weighted by molar-refractivity contribution is -0.115. The molecule has 0 bridgehead atoms. The number of unbranched alkanes of at least 4 members (excludes halogenated alkanes) is 2. The molecule has 0 amide bonds. The van der Waals surface area contributed by atoms with E-state index in [-0.39, 0.29) is 11.6 Å². The molecular weight excluding hydrogens is 164 g/mol. The maximum absolute atomic E-state index is 10.8. The number of carbonyl (C=O) groups excluding carboxylic acids is 2. The van der Waals surface area contributed by atoms with E-state index < -0.39 is 0 Å². The van der Waals surface area contributed by atoms with Crippen LogP contribution < -0.4 is 0 Å². The first-order valence-corrected chi connectivity index (χ1v) is 4.51. The van der Waals surface area contributed by atoms with Crippen LogP contribution in [0.5, 0.6) is 0 Å². The Morgan fingerprint density at radius 3 is 1.54 bits per heavy atom. The maximum Gasteiger partial charge on any atom is 0.155 e. The molecule has 2 nitrogen and oxygen atoms in total. The monoisotopic (exact) mass is 180 g/mol. The van der Waals surface area contributed by atoms with Gasteiger partial charge in [0.05, 0.1) is 0 Å². The van der Waals surface area contributed by atoms with Gasteiger partial charge in [0.25, 0.3) is 0 Å². The number of rotatable bonds is 8. The Kier molecular flexibility index (Phi) is 6.79. The molecule has 0 aromatic heterocycles. The summed E-state index contributed by atoms with van der Waals surface area (Å²) >= 11 is 0. The molecule has 0 aromatic carbocycles. The van der Waals surface area contributed by atoms with Gasteiger partial charge in [0.15, 0.2) is 11.6 Å². The van der Waals surface area contributed by atoms with Crippen molar-refractivity contribution in [2.24, 2.45) is 0 Å². The van der Waals surface area contributed by atoms with Crippen LogP contribution in [0, 0.1) is 0 Å². The van der Waals surface area contributed by atoms with Crippen LogP contribution in [0.4, 0.5) is 0 Å². The number of carbonyl (C=O) groups is 2. The molecule has 0 N–H and O–H groups in total. The minimum Gasteiger partial charge on any atom is -0.295 e. The summed E-state index contributed by atoms with van der Waals surface area (Å²) in [5.41, 5.74) is 0. The van der Waals surface area contributed by atoms with E-state index >= 15 is 0 Å². The Balaban J connectivity index is 3.26. The van der Waals surface area contributed by atoms with E-state index in [9.17, 15) is 9.59 Å². The highest BCUT2D eigenvalue weighted by Crippen LogP contribution is 2.04. The third-order valence-electron chi connectivity index (χ3n) is 1.80. The fourth-order valence-electron chi connectivity index (χ4n) is 0.979. The molecular formula is C11H16O2. The highest BCUT2D eigenvalue weighted by atomic mass is 16.1. The number of ketones is 2. The molecule has 0 spiro atoms. The number of allylic oxidation sites excluding steroid dienone is 2. The van der Waals surface area contributed by atoms with Gasteiger partial charge in [-0.05, 0) is 25.0 Å². The lowest BCUT2D eigenvalue weighted by Crippen LogP contribution is -1.94. The SMILES string of the molecule is C=CC(=O)CCCCCC(=O)C=C. The molecule has 0 aromatic rings. The number of hydrogen-bond donors (Lipinski definition) is 0. The zero-order valence-corrected chi connectivity index (χ0v) is 7.92. The Morgan fingerprint density at radius 1 is 0.846 bits per heavy atom. The van der Waals surface area contributed by atoms with Crippen molar-refractivity contribution in [2.75, 3.05) is 0 Å². The summed E-state index contributed by atoms with van der Waals surface area (Å²) in [6.07, 6.45) is 6.38. The van der Waals surface area contributed by atoms with Gasteiger partial charge in [0.1, 0.15) is 0 Å². The third-order valence-corrected chi connectivity index (χ3v) is 1.80. The fourth-order valence-corrected chi connectivity index (χ4v) is 0.979. The van der Waals surface area contributed by atoms with Gasteiger partial charge in [0.2, 0.25) is 0 Å². The average molecular weight is 180 g/mol. The smallest absolute Gasteiger partial charge is 0.155 e. The second-order valence-electron chi connectivity index (χ2n) is 2.90. The minimum atomic E-state index is 0.0787. The van der Waals surface area contributed by atoms with E-state index in [1.54, 1.807) is 0 Å². The van der Waals surface area contributed by atoms with Crippen LogP contribution in [-0.4, -0.2) is 11.6 Å². The van der Waals surface area contributed by atoms with Crippen LogP contribution in [-0.2, 0) is 9.59 Å². The molecule has 0 aliphatic carbocycles. The molecule has 0 aliphatic rings. The van der Waals surface area contributed by atoms with Crippen molar-refractivity contribution in [1.82, 2.24) is 0 Å². The predicted octanol–water partition coefficient (Wildman–Crippen LogP) is 2.45. The molecule has 0 unspecified atom stereocenters. The average Bonchev–Trinajstić information content (AvgIpc) is 2.16. The van der Waals surface area contributed by atoms with Crippen molar-refractivity contribution in [2.45, 2.75) is 32.1 Å². The molecule has 0 heterocycles. The Bertz CT molecular complexity index is 182. The maximum atomic E-state index is 10.8. The summed E-state index contributed by atoms with van der Waals surface area (Å²) in [6.45, 7) is 6.77. The lowest BCUT2D eigenvalue weighted by atomic mass is 10.1. The molecule has 0 atom stereocenters. The molecule has 13 heavy (non-hydrogen) atoms. The van der Waals surface area contributed by atoms with Gasteiger partial charge >= 0.3 is 0 Å². The van der Waals surface area contributed by atoms with Gasteiger partial charge in [-0.2, -0.15) is 0 Å². The zero-order valence-electron chi connectivity index (χ0n) is 7.92. The topological polar surface area (TPSA) is 34.1 Å². The van der Waals surface area contributed by atoms with Crippen LogP contribution in [0.3, 0.4) is 0 Å². The van der Waals surface area contributed by atoms with E-state index in [1.807, 2.05) is 0 Å². The highest BCUT2D eigenvalue weighted by molar-refractivity contribution is 5.89. The van der Waals surface area contributed by atoms with Crippen LogP contribution >= 0.6 is 0 Å². The van der Waals surface area contributed by atoms with Crippen LogP contribution in [0.15, 0.2) is 25.3 Å². The zero-order chi connectivity index (χ0) is 10.1. The summed E-state index contributed by atoms with van der Waals surface area (Å²) in [5, 5.41) is 0. The van der Waals surface area contributed by atoms with Crippen molar-refractivity contribution >= 4 is 11.6 Å². The second kappa shape index (κ2) is 7.47. The van der Waals surface area contributed by atoms with Gasteiger partial charge in [-0.25, -0.2) is 0 Å². The van der Waals surface area contributed by atoms with Crippen molar-refractivity contribution < 1.29 is 9.59 Å². The fraction of sp³-hybridized carbons (Fsp3) is 0.455. The van der Waals surface area contributed by atoms with E-state index in [0.717, 1.165) is 19.3 Å². The van der Waals surface area contributed by atoms with Crippen LogP contribution in [0.2, 0.25) is 0 Å². The molecule has 0 fully saturated rings. The minimum absolute atomic E-state index is 0.0787. The molecule has 0 aliphatic heterocycles. The van der Waals surface area contributed by atoms with Crippen molar-refractivity contribution in [1.29, 1.82) is 0 Å². The van der Waals surface area contributed by atoms with Gasteiger partial charge in [-0.15, -0.1) is 0 Å². The first-order valence-electron chi connectivity index (χ1n) is 4.51. The van der Waals surface area contributed by atoms with E-state index in [4.69, 9.17) is 0 Å². The molecule has 72 valence electrons. The highest BCUT2D eigenvalue weighted by Gasteiger charge is 1.97. The number of hydrogen-bond acceptors (Lipinski definition) is 2. The summed E-state index contributed by atoms with van der Waals surface area (Å²) in [6, 6.07) is 0. The molecule has 0 saturated heterocycles. The Hall–Kier alpha value is -1.18. The van der Waals surface area contributed by atoms with Gasteiger partial charge in [-0.3, -0.25) is 9.59 Å². The quantitative estimate of drug-likeness (QED) is 0.424. The first-order chi connectivity index (χ1) is 6.20. The molecule has 2 heteroatoms. The predicted molar refractivity (Wildman–Crippen MR) is 53.5 cm³/mol. The van der Waals surface area contributed by atoms with Gasteiger partial charge in [0, 0.05) is 12.8 Å². The van der Waals surface area contributed by atoms with Gasteiger partial charge < -0.3 is 0 Å². The standard InChI is InChI=1S/C11H16O2/c1-3-10(12)8-6-5-7-9-11(13)4-2/h3-4H,1-2,5-9H2. The second-order valence-corrected chi connectivity index (χ2v) is 2.90. The summed E-state index contributed by atoms with van der Waals surface area (Å²) in [5.74, 6) is 0.157. The molecule has 0 radical (unpaired) electrons. The van der Waals surface area contributed by atoms with Crippen molar-refractivity contribution in [3.8, 4) is 0 Å². The van der Waals surface area contributed by atoms with E-state index in [2.05, 4.69) is 13.2 Å². The molecule has 0 rings (SSSR count). The summed E-state index contributed by atoms with van der Waals surface area (Å²) < 4.78 is 0. The largest absolute Gasteiger partial charge is 0.295 e. The molecule has 0 saturated carbocycles. The van der Waals surface area contributed by atoms with E-state index in [1.165, 1.54) is 12.2 Å². The summed E-state index contributed by atoms with van der Waals surface area (Å²) in [7, 11) is 0. The van der Waals surface area contributed by atoms with E-state index in [0.29, 0.717) is 12.8 Å². The van der Waals surface area contributed by atoms with Crippen LogP contribution in [0.25, 0.3) is 0 Å². The summed E-state index contributed by atoms with van der Waals surface area (Å²) in [4.78, 5) is 21.5.